The Morgan fingerprint density at radius 3 is 2.55 bits per heavy atom. The lowest BCUT2D eigenvalue weighted by molar-refractivity contribution is -0.139. The SMILES string of the molecule is COC(=O)Cc1ccc(-c2nccnc2C2CC2)cc1. The fourth-order valence-corrected chi connectivity index (χ4v) is 2.25. The van der Waals surface area contributed by atoms with E-state index < -0.39 is 0 Å². The van der Waals surface area contributed by atoms with Gasteiger partial charge in [0.25, 0.3) is 0 Å². The average Bonchev–Trinajstić information content (AvgIpc) is 3.32. The summed E-state index contributed by atoms with van der Waals surface area (Å²) in [5.74, 6) is 0.337. The molecule has 4 nitrogen and oxygen atoms in total. The molecule has 1 aromatic carbocycles. The second-order valence-electron chi connectivity index (χ2n) is 5.01. The largest absolute Gasteiger partial charge is 0.469 e. The van der Waals surface area contributed by atoms with E-state index in [1.165, 1.54) is 20.0 Å². The monoisotopic (exact) mass is 268 g/mol. The molecule has 0 bridgehead atoms. The van der Waals surface area contributed by atoms with E-state index in [1.807, 2.05) is 24.3 Å². The van der Waals surface area contributed by atoms with Gasteiger partial charge in [0.1, 0.15) is 0 Å². The van der Waals surface area contributed by atoms with E-state index in [1.54, 1.807) is 12.4 Å². The number of carbonyl (C=O) groups excluding carboxylic acids is 1. The van der Waals surface area contributed by atoms with Gasteiger partial charge in [-0.15, -0.1) is 0 Å². The molecule has 1 heterocycles. The molecule has 0 atom stereocenters. The first-order valence-corrected chi connectivity index (χ1v) is 6.75. The molecule has 1 aliphatic rings. The van der Waals surface area contributed by atoms with Crippen molar-refractivity contribution in [3.8, 4) is 11.3 Å². The first-order chi connectivity index (χ1) is 9.78. The van der Waals surface area contributed by atoms with Gasteiger partial charge in [0.15, 0.2) is 0 Å². The van der Waals surface area contributed by atoms with Crippen molar-refractivity contribution in [1.29, 1.82) is 0 Å². The number of methoxy groups -OCH3 is 1. The van der Waals surface area contributed by atoms with Crippen LogP contribution in [0.2, 0.25) is 0 Å². The fourth-order valence-electron chi connectivity index (χ4n) is 2.25. The molecule has 2 aromatic rings. The summed E-state index contributed by atoms with van der Waals surface area (Å²) in [4.78, 5) is 20.2. The highest BCUT2D eigenvalue weighted by molar-refractivity contribution is 5.73. The van der Waals surface area contributed by atoms with Gasteiger partial charge in [-0.2, -0.15) is 0 Å². The van der Waals surface area contributed by atoms with E-state index in [2.05, 4.69) is 14.7 Å². The van der Waals surface area contributed by atoms with E-state index in [0.717, 1.165) is 22.5 Å². The van der Waals surface area contributed by atoms with Crippen molar-refractivity contribution in [3.05, 3.63) is 47.9 Å². The molecule has 0 spiro atoms. The highest BCUT2D eigenvalue weighted by Gasteiger charge is 2.28. The van der Waals surface area contributed by atoms with Gasteiger partial charge in [0.05, 0.1) is 24.9 Å². The van der Waals surface area contributed by atoms with Crippen LogP contribution >= 0.6 is 0 Å². The number of hydrogen-bond donors (Lipinski definition) is 0. The minimum atomic E-state index is -0.226. The summed E-state index contributed by atoms with van der Waals surface area (Å²) >= 11 is 0. The molecule has 0 unspecified atom stereocenters. The van der Waals surface area contributed by atoms with Crippen LogP contribution in [0.1, 0.15) is 30.0 Å². The predicted molar refractivity (Wildman–Crippen MR) is 75.2 cm³/mol. The third kappa shape index (κ3) is 2.69. The topological polar surface area (TPSA) is 52.1 Å². The molecule has 102 valence electrons. The van der Waals surface area contributed by atoms with Crippen molar-refractivity contribution in [2.45, 2.75) is 25.2 Å². The van der Waals surface area contributed by atoms with Crippen molar-refractivity contribution in [2.75, 3.05) is 7.11 Å². The number of ether oxygens (including phenoxy) is 1. The fraction of sp³-hybridized carbons (Fsp3) is 0.312. The Labute approximate surface area is 117 Å². The molecule has 1 fully saturated rings. The van der Waals surface area contributed by atoms with Crippen LogP contribution in [-0.4, -0.2) is 23.0 Å². The van der Waals surface area contributed by atoms with Crippen molar-refractivity contribution >= 4 is 5.97 Å². The lowest BCUT2D eigenvalue weighted by Gasteiger charge is -2.07. The van der Waals surface area contributed by atoms with Gasteiger partial charge in [0, 0.05) is 23.9 Å². The first-order valence-electron chi connectivity index (χ1n) is 6.75. The molecular weight excluding hydrogens is 252 g/mol. The van der Waals surface area contributed by atoms with Crippen molar-refractivity contribution < 1.29 is 9.53 Å². The van der Waals surface area contributed by atoms with E-state index in [-0.39, 0.29) is 5.97 Å². The zero-order chi connectivity index (χ0) is 13.9. The maximum atomic E-state index is 11.2. The third-order valence-corrected chi connectivity index (χ3v) is 3.49. The van der Waals surface area contributed by atoms with Gasteiger partial charge < -0.3 is 4.74 Å². The van der Waals surface area contributed by atoms with Gasteiger partial charge >= 0.3 is 5.97 Å². The smallest absolute Gasteiger partial charge is 0.309 e. The van der Waals surface area contributed by atoms with Gasteiger partial charge in [-0.25, -0.2) is 0 Å². The molecule has 20 heavy (non-hydrogen) atoms. The van der Waals surface area contributed by atoms with Crippen LogP contribution < -0.4 is 0 Å². The molecule has 0 radical (unpaired) electrons. The number of hydrogen-bond acceptors (Lipinski definition) is 4. The van der Waals surface area contributed by atoms with E-state index in [9.17, 15) is 4.79 Å². The van der Waals surface area contributed by atoms with Crippen LogP contribution in [0.25, 0.3) is 11.3 Å². The average molecular weight is 268 g/mol. The van der Waals surface area contributed by atoms with Crippen LogP contribution in [0.3, 0.4) is 0 Å². The quantitative estimate of drug-likeness (QED) is 0.800. The molecule has 1 aliphatic carbocycles. The Kier molecular flexibility index (Phi) is 3.46. The summed E-state index contributed by atoms with van der Waals surface area (Å²) in [6.45, 7) is 0. The number of carbonyl (C=O) groups is 1. The van der Waals surface area contributed by atoms with Gasteiger partial charge in [0.2, 0.25) is 0 Å². The van der Waals surface area contributed by atoms with Gasteiger partial charge in [-0.1, -0.05) is 24.3 Å². The van der Waals surface area contributed by atoms with Crippen LogP contribution in [0, 0.1) is 0 Å². The lowest BCUT2D eigenvalue weighted by atomic mass is 10.0. The molecule has 0 aliphatic heterocycles. The summed E-state index contributed by atoms with van der Waals surface area (Å²) in [6, 6.07) is 7.87. The van der Waals surface area contributed by atoms with Gasteiger partial charge in [-0.3, -0.25) is 14.8 Å². The highest BCUT2D eigenvalue weighted by Crippen LogP contribution is 2.42. The highest BCUT2D eigenvalue weighted by atomic mass is 16.5. The molecule has 1 aromatic heterocycles. The standard InChI is InChI=1S/C16H16N2O2/c1-20-14(19)10-11-2-4-12(5-3-11)15-16(13-6-7-13)18-9-8-17-15/h2-5,8-9,13H,6-7,10H2,1H3. The minimum Gasteiger partial charge on any atom is -0.469 e. The number of aromatic nitrogens is 2. The van der Waals surface area contributed by atoms with Crippen LogP contribution in [-0.2, 0) is 16.0 Å². The lowest BCUT2D eigenvalue weighted by Crippen LogP contribution is -2.04. The molecule has 3 rings (SSSR count). The summed E-state index contributed by atoms with van der Waals surface area (Å²) in [5.41, 5.74) is 4.04. The summed E-state index contributed by atoms with van der Waals surface area (Å²) in [7, 11) is 1.40. The Bertz CT molecular complexity index is 619. The molecule has 0 amide bonds. The molecular formula is C16H16N2O2. The van der Waals surface area contributed by atoms with Crippen molar-refractivity contribution in [1.82, 2.24) is 9.97 Å². The molecule has 0 saturated heterocycles. The molecule has 4 heteroatoms. The van der Waals surface area contributed by atoms with E-state index >= 15 is 0 Å². The first kappa shape index (κ1) is 12.8. The zero-order valence-electron chi connectivity index (χ0n) is 11.4. The van der Waals surface area contributed by atoms with Crippen LogP contribution in [0.5, 0.6) is 0 Å². The predicted octanol–water partition coefficient (Wildman–Crippen LogP) is 2.74. The van der Waals surface area contributed by atoms with Crippen molar-refractivity contribution in [2.24, 2.45) is 0 Å². The number of rotatable bonds is 4. The number of nitrogens with zero attached hydrogens (tertiary/aromatic N) is 2. The van der Waals surface area contributed by atoms with E-state index in [4.69, 9.17) is 0 Å². The second kappa shape index (κ2) is 5.41. The van der Waals surface area contributed by atoms with Crippen LogP contribution in [0.15, 0.2) is 36.7 Å². The molecule has 1 saturated carbocycles. The maximum absolute atomic E-state index is 11.2. The Balaban J connectivity index is 1.86. The number of benzene rings is 1. The summed E-state index contributed by atoms with van der Waals surface area (Å²) in [6.07, 6.45) is 6.18. The third-order valence-electron chi connectivity index (χ3n) is 3.49. The zero-order valence-corrected chi connectivity index (χ0v) is 11.4. The second-order valence-corrected chi connectivity index (χ2v) is 5.01. The summed E-state index contributed by atoms with van der Waals surface area (Å²) < 4.78 is 4.67. The van der Waals surface area contributed by atoms with E-state index in [0.29, 0.717) is 12.3 Å². The summed E-state index contributed by atoms with van der Waals surface area (Å²) in [5, 5.41) is 0. The minimum absolute atomic E-state index is 0.226. The Morgan fingerprint density at radius 2 is 1.90 bits per heavy atom. The Morgan fingerprint density at radius 1 is 1.20 bits per heavy atom. The molecule has 0 N–H and O–H groups in total. The van der Waals surface area contributed by atoms with Crippen LogP contribution in [0.4, 0.5) is 0 Å². The van der Waals surface area contributed by atoms with Gasteiger partial charge in [-0.05, 0) is 18.4 Å². The normalized spacial score (nSPS) is 14.1. The maximum Gasteiger partial charge on any atom is 0.309 e. The Hall–Kier alpha value is -2.23. The van der Waals surface area contributed by atoms with Crippen molar-refractivity contribution in [3.63, 3.8) is 0 Å². The number of esters is 1.